The minimum absolute atomic E-state index is 0.297. The number of halogens is 2. The third kappa shape index (κ3) is 2.32. The van der Waals surface area contributed by atoms with E-state index in [9.17, 15) is 9.18 Å². The zero-order valence-electron chi connectivity index (χ0n) is 7.38. The summed E-state index contributed by atoms with van der Waals surface area (Å²) in [5.74, 6) is -1.18. The van der Waals surface area contributed by atoms with Crippen molar-refractivity contribution in [1.82, 2.24) is 4.98 Å². The van der Waals surface area contributed by atoms with Crippen molar-refractivity contribution in [1.29, 1.82) is 0 Å². The van der Waals surface area contributed by atoms with Crippen LogP contribution in [0.3, 0.4) is 0 Å². The summed E-state index contributed by atoms with van der Waals surface area (Å²) in [4.78, 5) is 14.1. The maximum Gasteiger partial charge on any atom is 0.410 e. The summed E-state index contributed by atoms with van der Waals surface area (Å²) in [6.07, 6.45) is -0.539. The summed E-state index contributed by atoms with van der Waals surface area (Å²) < 4.78 is 17.6. The second-order valence-corrected chi connectivity index (χ2v) is 2.85. The van der Waals surface area contributed by atoms with Gasteiger partial charge in [0.05, 0.1) is 0 Å². The highest BCUT2D eigenvalue weighted by Gasteiger charge is 2.13. The predicted molar refractivity (Wildman–Crippen MR) is 48.8 cm³/mol. The topological polar surface area (TPSA) is 65.2 Å². The predicted octanol–water partition coefficient (Wildman–Crippen LogP) is 1.89. The van der Waals surface area contributed by atoms with Crippen molar-refractivity contribution in [3.8, 4) is 5.75 Å². The Morgan fingerprint density at radius 2 is 2.43 bits per heavy atom. The molecule has 0 spiro atoms. The molecule has 0 aliphatic rings. The van der Waals surface area contributed by atoms with Crippen molar-refractivity contribution < 1.29 is 13.9 Å². The smallest absolute Gasteiger partial charge is 0.407 e. The summed E-state index contributed by atoms with van der Waals surface area (Å²) in [6.45, 7) is 1.81. The largest absolute Gasteiger partial charge is 0.410 e. The number of hydrogen-bond acceptors (Lipinski definition) is 3. The third-order valence-corrected chi connectivity index (χ3v) is 1.76. The summed E-state index contributed by atoms with van der Waals surface area (Å²) in [5.41, 5.74) is 5.26. The van der Waals surface area contributed by atoms with Gasteiger partial charge in [-0.3, -0.25) is 0 Å². The summed E-state index contributed by atoms with van der Waals surface area (Å²) in [5, 5.41) is -0.333. The number of nitrogens with zero attached hydrogens (tertiary/aromatic N) is 1. The van der Waals surface area contributed by atoms with E-state index in [0.717, 1.165) is 0 Å². The number of nitrogens with two attached hydrogens (primary N) is 1. The van der Waals surface area contributed by atoms with Gasteiger partial charge >= 0.3 is 6.09 Å². The molecule has 1 rings (SSSR count). The van der Waals surface area contributed by atoms with Crippen LogP contribution in [0.4, 0.5) is 9.18 Å². The number of carbonyl (C=O) groups excluding carboxylic acids is 1. The van der Waals surface area contributed by atoms with Crippen LogP contribution >= 0.6 is 11.6 Å². The normalized spacial score (nSPS) is 9.93. The standard InChI is InChI=1S/C8H8ClFN2O2/c1-2-4-3-5(14-8(11)13)6(10)7(9)12-4/h3H,2H2,1H3,(H2,11,13). The van der Waals surface area contributed by atoms with Crippen LogP contribution in [-0.2, 0) is 6.42 Å². The lowest BCUT2D eigenvalue weighted by atomic mass is 10.3. The van der Waals surface area contributed by atoms with Crippen LogP contribution < -0.4 is 10.5 Å². The van der Waals surface area contributed by atoms with Crippen molar-refractivity contribution in [2.24, 2.45) is 5.73 Å². The Labute approximate surface area is 84.8 Å². The number of pyridine rings is 1. The lowest BCUT2D eigenvalue weighted by Gasteiger charge is -2.05. The number of aryl methyl sites for hydroxylation is 1. The van der Waals surface area contributed by atoms with E-state index in [4.69, 9.17) is 17.3 Å². The molecule has 0 fully saturated rings. The van der Waals surface area contributed by atoms with Crippen LogP contribution in [0.25, 0.3) is 0 Å². The van der Waals surface area contributed by atoms with Gasteiger partial charge in [-0.25, -0.2) is 9.78 Å². The summed E-state index contributed by atoms with van der Waals surface area (Å²) in [6, 6.07) is 1.28. The minimum Gasteiger partial charge on any atom is -0.407 e. The molecule has 0 saturated heterocycles. The molecule has 0 atom stereocenters. The molecule has 1 aromatic rings. The monoisotopic (exact) mass is 218 g/mol. The minimum atomic E-state index is -1.09. The molecule has 0 saturated carbocycles. The fraction of sp³-hybridized carbons (Fsp3) is 0.250. The molecule has 2 N–H and O–H groups in total. The van der Waals surface area contributed by atoms with E-state index < -0.39 is 11.9 Å². The molecular weight excluding hydrogens is 211 g/mol. The van der Waals surface area contributed by atoms with E-state index in [1.807, 2.05) is 6.92 Å². The van der Waals surface area contributed by atoms with Crippen molar-refractivity contribution >= 4 is 17.7 Å². The Hall–Kier alpha value is -1.36. The number of rotatable bonds is 2. The lowest BCUT2D eigenvalue weighted by Crippen LogP contribution is -2.17. The van der Waals surface area contributed by atoms with Gasteiger partial charge in [-0.05, 0) is 6.42 Å². The first-order valence-electron chi connectivity index (χ1n) is 3.86. The van der Waals surface area contributed by atoms with Gasteiger partial charge in [0.2, 0.25) is 5.82 Å². The highest BCUT2D eigenvalue weighted by Crippen LogP contribution is 2.24. The number of hydrogen-bond donors (Lipinski definition) is 1. The van der Waals surface area contributed by atoms with Gasteiger partial charge in [0.15, 0.2) is 10.9 Å². The number of aromatic nitrogens is 1. The SMILES string of the molecule is CCc1cc(OC(N)=O)c(F)c(Cl)n1. The molecule has 0 aromatic carbocycles. The number of amides is 1. The molecule has 14 heavy (non-hydrogen) atoms. The zero-order chi connectivity index (χ0) is 10.7. The van der Waals surface area contributed by atoms with Crippen LogP contribution in [0.2, 0.25) is 5.15 Å². The number of primary amides is 1. The maximum absolute atomic E-state index is 13.2. The first-order chi connectivity index (χ1) is 6.54. The second-order valence-electron chi connectivity index (χ2n) is 2.49. The highest BCUT2D eigenvalue weighted by molar-refractivity contribution is 6.29. The molecule has 0 aliphatic carbocycles. The average molecular weight is 219 g/mol. The first kappa shape index (κ1) is 10.7. The molecule has 4 nitrogen and oxygen atoms in total. The van der Waals surface area contributed by atoms with Crippen LogP contribution in [-0.4, -0.2) is 11.1 Å². The van der Waals surface area contributed by atoms with Crippen LogP contribution in [0, 0.1) is 5.82 Å². The molecule has 1 aromatic heterocycles. The molecule has 0 aliphatic heterocycles. The molecule has 6 heteroatoms. The van der Waals surface area contributed by atoms with Gasteiger partial charge in [-0.1, -0.05) is 18.5 Å². The van der Waals surface area contributed by atoms with Crippen LogP contribution in [0.1, 0.15) is 12.6 Å². The molecule has 76 valence electrons. The van der Waals surface area contributed by atoms with E-state index in [2.05, 4.69) is 9.72 Å². The van der Waals surface area contributed by atoms with Gasteiger partial charge in [-0.15, -0.1) is 0 Å². The molecule has 1 amide bonds. The first-order valence-corrected chi connectivity index (χ1v) is 4.24. The Morgan fingerprint density at radius 3 is 2.93 bits per heavy atom. The van der Waals surface area contributed by atoms with E-state index in [1.54, 1.807) is 0 Å². The Kier molecular flexibility index (Phi) is 3.24. The Morgan fingerprint density at radius 1 is 1.79 bits per heavy atom. The average Bonchev–Trinajstić information content (AvgIpc) is 2.11. The van der Waals surface area contributed by atoms with E-state index in [-0.39, 0.29) is 10.9 Å². The van der Waals surface area contributed by atoms with E-state index in [1.165, 1.54) is 6.07 Å². The maximum atomic E-state index is 13.2. The molecular formula is C8H8ClFN2O2. The van der Waals surface area contributed by atoms with Gasteiger partial charge in [0.25, 0.3) is 0 Å². The van der Waals surface area contributed by atoms with Crippen molar-refractivity contribution in [3.05, 3.63) is 22.7 Å². The van der Waals surface area contributed by atoms with E-state index in [0.29, 0.717) is 12.1 Å². The fourth-order valence-electron chi connectivity index (χ4n) is 0.888. The summed E-state index contributed by atoms with van der Waals surface area (Å²) >= 11 is 5.46. The van der Waals surface area contributed by atoms with Crippen molar-refractivity contribution in [2.75, 3.05) is 0 Å². The molecule has 0 radical (unpaired) electrons. The third-order valence-electron chi connectivity index (χ3n) is 1.51. The fourth-order valence-corrected chi connectivity index (χ4v) is 1.09. The zero-order valence-corrected chi connectivity index (χ0v) is 8.14. The van der Waals surface area contributed by atoms with E-state index >= 15 is 0 Å². The highest BCUT2D eigenvalue weighted by atomic mass is 35.5. The Bertz CT molecular complexity index is 371. The van der Waals surface area contributed by atoms with Gasteiger partial charge in [-0.2, -0.15) is 4.39 Å². The van der Waals surface area contributed by atoms with Crippen molar-refractivity contribution in [2.45, 2.75) is 13.3 Å². The molecule has 1 heterocycles. The number of ether oxygens (including phenoxy) is 1. The van der Waals surface area contributed by atoms with Gasteiger partial charge in [0, 0.05) is 11.8 Å². The molecule has 0 unspecified atom stereocenters. The summed E-state index contributed by atoms with van der Waals surface area (Å²) in [7, 11) is 0. The Balaban J connectivity index is 3.13. The lowest BCUT2D eigenvalue weighted by molar-refractivity contribution is 0.208. The quantitative estimate of drug-likeness (QED) is 0.771. The van der Waals surface area contributed by atoms with Gasteiger partial charge < -0.3 is 10.5 Å². The number of carbonyl (C=O) groups is 1. The molecule has 0 bridgehead atoms. The van der Waals surface area contributed by atoms with Crippen molar-refractivity contribution in [3.63, 3.8) is 0 Å². The second kappa shape index (κ2) is 4.23. The van der Waals surface area contributed by atoms with Crippen LogP contribution in [0.5, 0.6) is 5.75 Å². The van der Waals surface area contributed by atoms with Crippen LogP contribution in [0.15, 0.2) is 6.07 Å². The van der Waals surface area contributed by atoms with Gasteiger partial charge in [0.1, 0.15) is 0 Å².